The van der Waals surface area contributed by atoms with Crippen molar-refractivity contribution < 1.29 is 5.11 Å². The van der Waals surface area contributed by atoms with E-state index in [1.807, 2.05) is 32.0 Å². The number of hydrogen-bond donors (Lipinski definition) is 3. The molecule has 0 aliphatic carbocycles. The average Bonchev–Trinajstić information content (AvgIpc) is 3.25. The first-order valence-electron chi connectivity index (χ1n) is 8.74. The van der Waals surface area contributed by atoms with Gasteiger partial charge in [-0.2, -0.15) is 9.97 Å². The van der Waals surface area contributed by atoms with Crippen molar-refractivity contribution in [2.24, 2.45) is 0 Å². The van der Waals surface area contributed by atoms with E-state index in [2.05, 4.69) is 21.3 Å². The number of H-pyrrole nitrogens is 1. The van der Waals surface area contributed by atoms with Crippen molar-refractivity contribution in [1.29, 1.82) is 0 Å². The molecule has 0 bridgehead atoms. The number of aromatic amines is 1. The van der Waals surface area contributed by atoms with Gasteiger partial charge in [-0.25, -0.2) is 0 Å². The third-order valence-electron chi connectivity index (χ3n) is 4.74. The molecule has 3 N–H and O–H groups in total. The van der Waals surface area contributed by atoms with E-state index in [9.17, 15) is 5.11 Å². The molecule has 3 aromatic rings. The molecule has 1 aromatic carbocycles. The van der Waals surface area contributed by atoms with Crippen LogP contribution in [0.25, 0.3) is 11.0 Å². The van der Waals surface area contributed by atoms with Crippen LogP contribution in [0.4, 0.5) is 17.5 Å². The molecule has 0 amide bonds. The molecule has 6 heteroatoms. The largest absolute Gasteiger partial charge is 0.392 e. The highest BCUT2D eigenvalue weighted by atomic mass is 16.3. The van der Waals surface area contributed by atoms with Crippen molar-refractivity contribution in [3.8, 4) is 0 Å². The van der Waals surface area contributed by atoms with Gasteiger partial charge in [0.15, 0.2) is 0 Å². The Hall–Kier alpha value is -2.60. The number of benzene rings is 1. The zero-order chi connectivity index (χ0) is 17.4. The number of rotatable bonds is 4. The lowest BCUT2D eigenvalue weighted by Crippen LogP contribution is -2.20. The molecule has 0 spiro atoms. The maximum Gasteiger partial charge on any atom is 0.229 e. The summed E-state index contributed by atoms with van der Waals surface area (Å²) in [4.78, 5) is 15.1. The summed E-state index contributed by atoms with van der Waals surface area (Å²) in [7, 11) is 0. The number of aliphatic hydroxyl groups excluding tert-OH is 1. The van der Waals surface area contributed by atoms with Gasteiger partial charge in [0.1, 0.15) is 11.5 Å². The second-order valence-corrected chi connectivity index (χ2v) is 6.71. The van der Waals surface area contributed by atoms with Crippen molar-refractivity contribution in [2.75, 3.05) is 23.3 Å². The molecule has 130 valence electrons. The Labute approximate surface area is 146 Å². The molecule has 1 aliphatic rings. The molecule has 3 heterocycles. The summed E-state index contributed by atoms with van der Waals surface area (Å²) in [5.74, 6) is 1.57. The van der Waals surface area contributed by atoms with Gasteiger partial charge < -0.3 is 20.3 Å². The summed E-state index contributed by atoms with van der Waals surface area (Å²) >= 11 is 0. The van der Waals surface area contributed by atoms with Gasteiger partial charge in [0.25, 0.3) is 0 Å². The summed E-state index contributed by atoms with van der Waals surface area (Å²) in [5.41, 5.74) is 4.86. The highest BCUT2D eigenvalue weighted by Crippen LogP contribution is 2.29. The van der Waals surface area contributed by atoms with Crippen LogP contribution in [-0.2, 0) is 6.61 Å². The number of aromatic nitrogens is 3. The number of anilines is 3. The second kappa shape index (κ2) is 6.37. The summed E-state index contributed by atoms with van der Waals surface area (Å²) in [6, 6.07) is 7.98. The third kappa shape index (κ3) is 3.05. The predicted octanol–water partition coefficient (Wildman–Crippen LogP) is 3.41. The average molecular weight is 337 g/mol. The SMILES string of the molecule is Cc1cc2c(Nc3cc(CO)ccc3C)nc(N3CCCC3)nc2[nH]1. The van der Waals surface area contributed by atoms with Crippen LogP contribution in [0.5, 0.6) is 0 Å². The quantitative estimate of drug-likeness (QED) is 0.680. The summed E-state index contributed by atoms with van der Waals surface area (Å²) < 4.78 is 0. The van der Waals surface area contributed by atoms with Gasteiger partial charge >= 0.3 is 0 Å². The molecule has 1 aliphatic heterocycles. The van der Waals surface area contributed by atoms with Crippen molar-refractivity contribution in [3.05, 3.63) is 41.1 Å². The van der Waals surface area contributed by atoms with E-state index in [0.29, 0.717) is 0 Å². The van der Waals surface area contributed by atoms with Crippen molar-refractivity contribution in [1.82, 2.24) is 15.0 Å². The fraction of sp³-hybridized carbons (Fsp3) is 0.368. The van der Waals surface area contributed by atoms with E-state index in [1.165, 1.54) is 12.8 Å². The smallest absolute Gasteiger partial charge is 0.229 e. The molecule has 2 aromatic heterocycles. The van der Waals surface area contributed by atoms with Crippen LogP contribution < -0.4 is 10.2 Å². The molecule has 25 heavy (non-hydrogen) atoms. The van der Waals surface area contributed by atoms with E-state index in [0.717, 1.165) is 58.4 Å². The van der Waals surface area contributed by atoms with E-state index in [4.69, 9.17) is 9.97 Å². The number of aryl methyl sites for hydroxylation is 2. The number of aliphatic hydroxyl groups is 1. The Morgan fingerprint density at radius 2 is 1.96 bits per heavy atom. The Bertz CT molecular complexity index is 912. The van der Waals surface area contributed by atoms with Gasteiger partial charge in [0.2, 0.25) is 5.95 Å². The van der Waals surface area contributed by atoms with Gasteiger partial charge in [-0.3, -0.25) is 0 Å². The second-order valence-electron chi connectivity index (χ2n) is 6.71. The first-order valence-corrected chi connectivity index (χ1v) is 8.74. The lowest BCUT2D eigenvalue weighted by Gasteiger charge is -2.17. The maximum atomic E-state index is 9.42. The minimum absolute atomic E-state index is 0.0242. The number of hydrogen-bond acceptors (Lipinski definition) is 5. The molecule has 6 nitrogen and oxygen atoms in total. The molecule has 0 radical (unpaired) electrons. The first-order chi connectivity index (χ1) is 12.1. The minimum atomic E-state index is 0.0242. The molecular weight excluding hydrogens is 314 g/mol. The van der Waals surface area contributed by atoms with Crippen LogP contribution in [-0.4, -0.2) is 33.1 Å². The van der Waals surface area contributed by atoms with Crippen LogP contribution >= 0.6 is 0 Å². The zero-order valence-electron chi connectivity index (χ0n) is 14.6. The van der Waals surface area contributed by atoms with Crippen molar-refractivity contribution in [3.63, 3.8) is 0 Å². The third-order valence-corrected chi connectivity index (χ3v) is 4.74. The fourth-order valence-electron chi connectivity index (χ4n) is 3.31. The van der Waals surface area contributed by atoms with Crippen LogP contribution in [0, 0.1) is 13.8 Å². The minimum Gasteiger partial charge on any atom is -0.392 e. The van der Waals surface area contributed by atoms with Gasteiger partial charge in [-0.15, -0.1) is 0 Å². The van der Waals surface area contributed by atoms with Crippen molar-refractivity contribution in [2.45, 2.75) is 33.3 Å². The van der Waals surface area contributed by atoms with E-state index >= 15 is 0 Å². The molecule has 0 saturated carbocycles. The van der Waals surface area contributed by atoms with Gasteiger partial charge in [0.05, 0.1) is 12.0 Å². The number of fused-ring (bicyclic) bond motifs is 1. The summed E-state index contributed by atoms with van der Waals surface area (Å²) in [5, 5.41) is 13.9. The van der Waals surface area contributed by atoms with Crippen LogP contribution in [0.3, 0.4) is 0 Å². The van der Waals surface area contributed by atoms with E-state index in [1.54, 1.807) is 0 Å². The number of nitrogens with one attached hydrogen (secondary N) is 2. The Morgan fingerprint density at radius 3 is 2.72 bits per heavy atom. The lowest BCUT2D eigenvalue weighted by molar-refractivity contribution is 0.282. The first kappa shape index (κ1) is 15.9. The normalized spacial score (nSPS) is 14.4. The number of nitrogens with zero attached hydrogens (tertiary/aromatic N) is 3. The highest BCUT2D eigenvalue weighted by molar-refractivity contribution is 5.91. The van der Waals surface area contributed by atoms with Crippen LogP contribution in [0.1, 0.15) is 29.7 Å². The van der Waals surface area contributed by atoms with Crippen LogP contribution in [0.15, 0.2) is 24.3 Å². The Morgan fingerprint density at radius 1 is 1.16 bits per heavy atom. The lowest BCUT2D eigenvalue weighted by atomic mass is 10.1. The maximum absolute atomic E-state index is 9.42. The predicted molar refractivity (Wildman–Crippen MR) is 100 cm³/mol. The summed E-state index contributed by atoms with van der Waals surface area (Å²) in [6.45, 7) is 6.11. The fourth-order valence-corrected chi connectivity index (χ4v) is 3.31. The highest BCUT2D eigenvalue weighted by Gasteiger charge is 2.18. The Balaban J connectivity index is 1.79. The topological polar surface area (TPSA) is 77.1 Å². The van der Waals surface area contributed by atoms with Gasteiger partial charge in [0, 0.05) is 24.5 Å². The molecule has 1 fully saturated rings. The van der Waals surface area contributed by atoms with E-state index in [-0.39, 0.29) is 6.61 Å². The molecule has 1 saturated heterocycles. The molecular formula is C19H23N5O. The monoisotopic (exact) mass is 337 g/mol. The summed E-state index contributed by atoms with van der Waals surface area (Å²) in [6.07, 6.45) is 2.37. The zero-order valence-corrected chi connectivity index (χ0v) is 14.6. The van der Waals surface area contributed by atoms with Crippen LogP contribution in [0.2, 0.25) is 0 Å². The van der Waals surface area contributed by atoms with Gasteiger partial charge in [-0.1, -0.05) is 12.1 Å². The molecule has 4 rings (SSSR count). The van der Waals surface area contributed by atoms with Crippen molar-refractivity contribution >= 4 is 28.5 Å². The molecule has 0 unspecified atom stereocenters. The molecule has 0 atom stereocenters. The van der Waals surface area contributed by atoms with E-state index < -0.39 is 0 Å². The van der Waals surface area contributed by atoms with Gasteiger partial charge in [-0.05, 0) is 49.9 Å². The standard InChI is InChI=1S/C19H23N5O/c1-12-5-6-14(11-25)10-16(12)21-18-15-9-13(2)20-17(15)22-19(23-18)24-7-3-4-8-24/h5-6,9-10,25H,3-4,7-8,11H2,1-2H3,(H2,20,21,22,23). The Kier molecular flexibility index (Phi) is 4.05.